The average molecular weight is 381 g/mol. The van der Waals surface area contributed by atoms with Crippen LogP contribution in [-0.4, -0.2) is 27.6 Å². The number of nitrogens with one attached hydrogen (secondary N) is 1. The van der Waals surface area contributed by atoms with Gasteiger partial charge in [0.1, 0.15) is 5.82 Å². The van der Waals surface area contributed by atoms with Crippen molar-refractivity contribution in [3.8, 4) is 0 Å². The van der Waals surface area contributed by atoms with E-state index in [-0.39, 0.29) is 5.82 Å². The molecule has 28 heavy (non-hydrogen) atoms. The molecular formula is C23H29FN4. The standard InChI is InChI=1S/C23H29FN4/c1-16-12-22(24)13-17(2)23(16)14-26-28-15-21(20(5)27-10-7-11-27)8-6-9-25-18(3)19(28)4/h6,8-9,12-13,15,26H,5,7,10-11,14H2,1-4H3. The summed E-state index contributed by atoms with van der Waals surface area (Å²) in [6.45, 7) is 14.9. The number of likely N-dealkylation sites (tertiary alicyclic amines) is 1. The van der Waals surface area contributed by atoms with Gasteiger partial charge in [-0.25, -0.2) is 4.39 Å². The molecule has 2 heterocycles. The molecule has 1 aliphatic heterocycles. The summed E-state index contributed by atoms with van der Waals surface area (Å²) in [5, 5.41) is 0. The first-order valence-corrected chi connectivity index (χ1v) is 9.69. The maximum absolute atomic E-state index is 13.6. The van der Waals surface area contributed by atoms with Crippen LogP contribution in [0.2, 0.25) is 0 Å². The summed E-state index contributed by atoms with van der Waals surface area (Å²) in [5.41, 5.74) is 10.5. The lowest BCUT2D eigenvalue weighted by molar-refractivity contribution is 0.282. The van der Waals surface area contributed by atoms with E-state index in [9.17, 15) is 4.39 Å². The molecule has 0 spiro atoms. The number of halogens is 1. The molecule has 0 radical (unpaired) electrons. The Balaban J connectivity index is 1.99. The predicted octanol–water partition coefficient (Wildman–Crippen LogP) is 4.80. The van der Waals surface area contributed by atoms with Crippen LogP contribution in [0.5, 0.6) is 0 Å². The lowest BCUT2D eigenvalue weighted by atomic mass is 10.0. The predicted molar refractivity (Wildman–Crippen MR) is 113 cm³/mol. The van der Waals surface area contributed by atoms with Crippen LogP contribution < -0.4 is 5.43 Å². The molecule has 1 aliphatic rings. The molecule has 0 aliphatic carbocycles. The van der Waals surface area contributed by atoms with Crippen molar-refractivity contribution in [2.75, 3.05) is 18.5 Å². The van der Waals surface area contributed by atoms with Crippen LogP contribution in [0.15, 0.2) is 43.2 Å². The third kappa shape index (κ3) is 4.35. The highest BCUT2D eigenvalue weighted by Crippen LogP contribution is 2.22. The zero-order valence-corrected chi connectivity index (χ0v) is 17.2. The minimum absolute atomic E-state index is 0.194. The number of nitrogens with zero attached hydrogens (tertiary/aromatic N) is 3. The number of hydrogen-bond acceptors (Lipinski definition) is 3. The van der Waals surface area contributed by atoms with Crippen LogP contribution in [0, 0.1) is 33.5 Å². The molecule has 1 saturated heterocycles. The normalized spacial score (nSPS) is 13.0. The van der Waals surface area contributed by atoms with E-state index in [4.69, 9.17) is 0 Å². The van der Waals surface area contributed by atoms with Crippen molar-refractivity contribution in [1.82, 2.24) is 14.6 Å². The summed E-state index contributed by atoms with van der Waals surface area (Å²) in [5.74, 6) is -0.194. The van der Waals surface area contributed by atoms with Crippen molar-refractivity contribution in [1.29, 1.82) is 0 Å². The number of aryl methyl sites for hydroxylation is 3. The summed E-state index contributed by atoms with van der Waals surface area (Å²) >= 11 is 0. The van der Waals surface area contributed by atoms with Crippen molar-refractivity contribution in [3.63, 3.8) is 0 Å². The van der Waals surface area contributed by atoms with E-state index in [2.05, 4.69) is 28.1 Å². The molecule has 1 aromatic carbocycles. The van der Waals surface area contributed by atoms with Gasteiger partial charge >= 0.3 is 0 Å². The first-order chi connectivity index (χ1) is 13.4. The second kappa shape index (κ2) is 8.46. The van der Waals surface area contributed by atoms with Gasteiger partial charge in [0, 0.05) is 36.7 Å². The average Bonchev–Trinajstić information content (AvgIpc) is 2.64. The largest absolute Gasteiger partial charge is 0.371 e. The summed E-state index contributed by atoms with van der Waals surface area (Å²) in [6, 6.07) is 7.15. The minimum Gasteiger partial charge on any atom is -0.371 e. The third-order valence-corrected chi connectivity index (χ3v) is 5.44. The van der Waals surface area contributed by atoms with Gasteiger partial charge in [-0.15, -0.1) is 0 Å². The van der Waals surface area contributed by atoms with Gasteiger partial charge in [-0.3, -0.25) is 9.66 Å². The summed E-state index contributed by atoms with van der Waals surface area (Å²) < 4.78 is 15.6. The number of rotatable bonds is 5. The van der Waals surface area contributed by atoms with Crippen LogP contribution in [-0.2, 0) is 6.54 Å². The maximum atomic E-state index is 13.6. The topological polar surface area (TPSA) is 33.1 Å². The van der Waals surface area contributed by atoms with E-state index >= 15 is 0 Å². The van der Waals surface area contributed by atoms with Crippen LogP contribution in [0.3, 0.4) is 0 Å². The molecule has 0 atom stereocenters. The van der Waals surface area contributed by atoms with Gasteiger partial charge in [0.05, 0.1) is 17.9 Å². The van der Waals surface area contributed by atoms with Gasteiger partial charge in [-0.1, -0.05) is 6.58 Å². The molecule has 0 amide bonds. The van der Waals surface area contributed by atoms with Crippen LogP contribution in [0.25, 0.3) is 5.70 Å². The maximum Gasteiger partial charge on any atom is 0.123 e. The van der Waals surface area contributed by atoms with Crippen molar-refractivity contribution < 1.29 is 4.39 Å². The molecule has 1 fully saturated rings. The van der Waals surface area contributed by atoms with Crippen LogP contribution >= 0.6 is 0 Å². The van der Waals surface area contributed by atoms with Crippen molar-refractivity contribution in [2.45, 2.75) is 40.7 Å². The molecular weight excluding hydrogens is 351 g/mol. The van der Waals surface area contributed by atoms with E-state index in [0.717, 1.165) is 52.4 Å². The Kier molecular flexibility index (Phi) is 6.02. The highest BCUT2D eigenvalue weighted by atomic mass is 19.1. The quantitative estimate of drug-likeness (QED) is 0.809. The van der Waals surface area contributed by atoms with Gasteiger partial charge < -0.3 is 10.3 Å². The fraction of sp³-hybridized carbons (Fsp3) is 0.348. The van der Waals surface area contributed by atoms with E-state index in [1.54, 1.807) is 12.1 Å². The molecule has 5 heteroatoms. The van der Waals surface area contributed by atoms with Gasteiger partial charge in [-0.2, -0.15) is 0 Å². The smallest absolute Gasteiger partial charge is 0.123 e. The molecule has 1 N–H and O–H groups in total. The van der Waals surface area contributed by atoms with E-state index in [0.29, 0.717) is 6.54 Å². The lowest BCUT2D eigenvalue weighted by Crippen LogP contribution is -2.35. The SMILES string of the molecule is C=C(c1cccnc(C)c(C)n(NCc2c(C)cc(F)cc2C)c1)N1CCC1. The summed E-state index contributed by atoms with van der Waals surface area (Å²) in [7, 11) is 0. The summed E-state index contributed by atoms with van der Waals surface area (Å²) in [6.07, 6.45) is 5.09. The molecule has 1 aromatic heterocycles. The summed E-state index contributed by atoms with van der Waals surface area (Å²) in [4.78, 5) is 6.79. The van der Waals surface area contributed by atoms with Crippen molar-refractivity contribution in [3.05, 3.63) is 82.7 Å². The Morgan fingerprint density at radius 2 is 1.86 bits per heavy atom. The molecule has 0 unspecified atom stereocenters. The molecule has 3 rings (SSSR count). The van der Waals surface area contributed by atoms with Gasteiger partial charge in [0.15, 0.2) is 0 Å². The highest BCUT2D eigenvalue weighted by molar-refractivity contribution is 5.61. The van der Waals surface area contributed by atoms with Gasteiger partial charge in [0.25, 0.3) is 0 Å². The van der Waals surface area contributed by atoms with E-state index < -0.39 is 0 Å². The minimum atomic E-state index is -0.194. The molecule has 0 bridgehead atoms. The Morgan fingerprint density at radius 3 is 2.46 bits per heavy atom. The molecule has 148 valence electrons. The number of benzene rings is 1. The fourth-order valence-corrected chi connectivity index (χ4v) is 3.34. The molecule has 2 aromatic rings. The monoisotopic (exact) mass is 380 g/mol. The second-order valence-electron chi connectivity index (χ2n) is 7.40. The van der Waals surface area contributed by atoms with E-state index in [1.807, 2.05) is 50.7 Å². The van der Waals surface area contributed by atoms with Gasteiger partial charge in [-0.05, 0) is 75.1 Å². The first kappa shape index (κ1) is 19.9. The number of aromatic nitrogens is 2. The zero-order chi connectivity index (χ0) is 20.3. The molecule has 4 nitrogen and oxygen atoms in total. The van der Waals surface area contributed by atoms with Gasteiger partial charge in [0.2, 0.25) is 0 Å². The lowest BCUT2D eigenvalue weighted by Gasteiger charge is -2.34. The first-order valence-electron chi connectivity index (χ1n) is 9.69. The Labute approximate surface area is 167 Å². The van der Waals surface area contributed by atoms with Crippen LogP contribution in [0.4, 0.5) is 4.39 Å². The van der Waals surface area contributed by atoms with E-state index in [1.165, 1.54) is 6.42 Å². The van der Waals surface area contributed by atoms with Crippen molar-refractivity contribution in [2.24, 2.45) is 0 Å². The third-order valence-electron chi connectivity index (χ3n) is 5.44. The van der Waals surface area contributed by atoms with Crippen molar-refractivity contribution >= 4 is 5.70 Å². The Hall–Kier alpha value is -2.82. The fourth-order valence-electron chi connectivity index (χ4n) is 3.34. The highest BCUT2D eigenvalue weighted by Gasteiger charge is 2.16. The Bertz CT molecular complexity index is 917. The molecule has 0 saturated carbocycles. The Morgan fingerprint density at radius 1 is 1.18 bits per heavy atom. The number of hydrogen-bond donors (Lipinski definition) is 1. The van der Waals surface area contributed by atoms with Crippen LogP contribution in [0.1, 0.15) is 40.1 Å². The second-order valence-corrected chi connectivity index (χ2v) is 7.40. The zero-order valence-electron chi connectivity index (χ0n) is 17.2.